The highest BCUT2D eigenvalue weighted by atomic mass is 35.5. The molecule has 0 spiro atoms. The van der Waals surface area contributed by atoms with Crippen LogP contribution >= 0.6 is 11.6 Å². The lowest BCUT2D eigenvalue weighted by molar-refractivity contribution is -0.0745. The summed E-state index contributed by atoms with van der Waals surface area (Å²) in [5.41, 5.74) is 4.06. The van der Waals surface area contributed by atoms with Crippen molar-refractivity contribution in [3.8, 4) is 17.2 Å². The van der Waals surface area contributed by atoms with Gasteiger partial charge in [-0.3, -0.25) is 4.99 Å². The quantitative estimate of drug-likeness (QED) is 0.521. The zero-order chi connectivity index (χ0) is 24.6. The average Bonchev–Trinajstić information content (AvgIpc) is 3.38. The first-order valence-corrected chi connectivity index (χ1v) is 12.1. The number of aryl methyl sites for hydroxylation is 2. The summed E-state index contributed by atoms with van der Waals surface area (Å²) in [7, 11) is 4.85. The molecule has 2 aliphatic rings. The van der Waals surface area contributed by atoms with Gasteiger partial charge < -0.3 is 24.2 Å². The molecule has 0 amide bonds. The number of aliphatic hydroxyl groups is 1. The molecular weight excluding hydrogens is 464 g/mol. The van der Waals surface area contributed by atoms with Gasteiger partial charge in [0.2, 0.25) is 5.75 Å². The monoisotopic (exact) mass is 492 g/mol. The number of ether oxygens (including phenoxy) is 3. The minimum atomic E-state index is -1.15. The Morgan fingerprint density at radius 1 is 0.914 bits per heavy atom. The molecule has 5 rings (SSSR count). The van der Waals surface area contributed by atoms with E-state index in [0.29, 0.717) is 41.8 Å². The first-order valence-electron chi connectivity index (χ1n) is 11.7. The average molecular weight is 493 g/mol. The van der Waals surface area contributed by atoms with Gasteiger partial charge in [-0.05, 0) is 59.9 Å². The van der Waals surface area contributed by atoms with E-state index >= 15 is 0 Å². The minimum Gasteiger partial charge on any atom is -0.493 e. The zero-order valence-electron chi connectivity index (χ0n) is 20.2. The molecule has 0 aromatic heterocycles. The highest BCUT2D eigenvalue weighted by Crippen LogP contribution is 2.40. The van der Waals surface area contributed by atoms with Crippen LogP contribution in [0.5, 0.6) is 17.2 Å². The first-order chi connectivity index (χ1) is 17.0. The van der Waals surface area contributed by atoms with Crippen LogP contribution in [-0.2, 0) is 25.0 Å². The van der Waals surface area contributed by atoms with Crippen LogP contribution in [0, 0.1) is 0 Å². The predicted octanol–water partition coefficient (Wildman–Crippen LogP) is 4.61. The third kappa shape index (κ3) is 4.21. The molecule has 0 fully saturated rings. The van der Waals surface area contributed by atoms with Crippen molar-refractivity contribution >= 4 is 17.4 Å². The highest BCUT2D eigenvalue weighted by molar-refractivity contribution is 6.30. The maximum Gasteiger partial charge on any atom is 0.203 e. The fourth-order valence-corrected chi connectivity index (χ4v) is 5.28. The van der Waals surface area contributed by atoms with E-state index in [0.717, 1.165) is 40.9 Å². The summed E-state index contributed by atoms with van der Waals surface area (Å²) in [6.45, 7) is 1.36. The molecular formula is C28H29ClN2O4. The molecule has 0 bridgehead atoms. The molecule has 0 radical (unpaired) electrons. The maximum absolute atomic E-state index is 11.9. The van der Waals surface area contributed by atoms with Crippen LogP contribution in [0.25, 0.3) is 0 Å². The Morgan fingerprint density at radius 2 is 1.60 bits per heavy atom. The highest BCUT2D eigenvalue weighted by Gasteiger charge is 2.45. The molecule has 0 saturated carbocycles. The number of methoxy groups -OCH3 is 3. The number of benzene rings is 3. The van der Waals surface area contributed by atoms with Gasteiger partial charge in [0.25, 0.3) is 0 Å². The van der Waals surface area contributed by atoms with Crippen LogP contribution in [-0.4, -0.2) is 50.3 Å². The van der Waals surface area contributed by atoms with Gasteiger partial charge in [-0.1, -0.05) is 35.9 Å². The molecule has 35 heavy (non-hydrogen) atoms. The molecule has 7 heteroatoms. The number of rotatable bonds is 7. The van der Waals surface area contributed by atoms with E-state index < -0.39 is 5.72 Å². The largest absolute Gasteiger partial charge is 0.493 e. The van der Waals surface area contributed by atoms with Gasteiger partial charge in [0.1, 0.15) is 5.84 Å². The molecule has 6 nitrogen and oxygen atoms in total. The second kappa shape index (κ2) is 9.44. The summed E-state index contributed by atoms with van der Waals surface area (Å²) in [6.07, 6.45) is 2.12. The van der Waals surface area contributed by atoms with E-state index in [9.17, 15) is 5.11 Å². The van der Waals surface area contributed by atoms with Crippen molar-refractivity contribution in [3.63, 3.8) is 0 Å². The Kier molecular flexibility index (Phi) is 6.34. The first kappa shape index (κ1) is 23.5. The Labute approximate surface area is 210 Å². The van der Waals surface area contributed by atoms with Gasteiger partial charge >= 0.3 is 0 Å². The summed E-state index contributed by atoms with van der Waals surface area (Å²) in [4.78, 5) is 6.70. The molecule has 0 saturated heterocycles. The lowest BCUT2D eigenvalue weighted by Gasteiger charge is -2.44. The molecule has 2 heterocycles. The van der Waals surface area contributed by atoms with Crippen molar-refractivity contribution in [1.82, 2.24) is 4.90 Å². The van der Waals surface area contributed by atoms with Gasteiger partial charge in [-0.2, -0.15) is 0 Å². The van der Waals surface area contributed by atoms with Crippen LogP contribution in [0.1, 0.15) is 27.8 Å². The second-order valence-corrected chi connectivity index (χ2v) is 9.32. The van der Waals surface area contributed by atoms with Crippen molar-refractivity contribution in [2.75, 3.05) is 34.4 Å². The van der Waals surface area contributed by atoms with Crippen LogP contribution in [0.2, 0.25) is 5.02 Å². The third-order valence-electron chi connectivity index (χ3n) is 6.88. The van der Waals surface area contributed by atoms with Crippen molar-refractivity contribution < 1.29 is 19.3 Å². The van der Waals surface area contributed by atoms with E-state index in [1.165, 1.54) is 5.56 Å². The van der Waals surface area contributed by atoms with Gasteiger partial charge in [0.05, 0.1) is 27.9 Å². The summed E-state index contributed by atoms with van der Waals surface area (Å²) < 4.78 is 16.4. The van der Waals surface area contributed by atoms with Crippen LogP contribution in [0.4, 0.5) is 0 Å². The number of hydrogen-bond acceptors (Lipinski definition) is 6. The summed E-state index contributed by atoms with van der Waals surface area (Å²) in [5, 5.41) is 12.5. The minimum absolute atomic E-state index is 0.465. The Hall–Kier alpha value is -3.22. The molecule has 0 aliphatic carbocycles. The molecule has 3 aromatic rings. The molecule has 1 unspecified atom stereocenters. The van der Waals surface area contributed by atoms with E-state index in [1.807, 2.05) is 47.4 Å². The standard InChI is InChI=1S/C28H29ClN2O4/c1-33-24-14-19(15-25(34-2)26(24)35-3)5-4-18-6-8-21(9-7-18)28(32)17-20-16-22(29)10-11-23(20)27-30-12-13-31(27)28/h6-11,14-16,32H,4-5,12-13,17H2,1-3H3. The predicted molar refractivity (Wildman–Crippen MR) is 137 cm³/mol. The normalized spacial score (nSPS) is 18.5. The van der Waals surface area contributed by atoms with E-state index in [-0.39, 0.29) is 0 Å². The van der Waals surface area contributed by atoms with Crippen LogP contribution < -0.4 is 14.2 Å². The van der Waals surface area contributed by atoms with Crippen molar-refractivity contribution in [2.24, 2.45) is 4.99 Å². The number of nitrogens with zero attached hydrogens (tertiary/aromatic N) is 2. The van der Waals surface area contributed by atoms with Gasteiger partial charge in [0.15, 0.2) is 17.2 Å². The third-order valence-corrected chi connectivity index (χ3v) is 7.11. The lowest BCUT2D eigenvalue weighted by atomic mass is 9.85. The molecule has 182 valence electrons. The maximum atomic E-state index is 11.9. The molecule has 1 N–H and O–H groups in total. The Bertz CT molecular complexity index is 1250. The summed E-state index contributed by atoms with van der Waals surface area (Å²) in [6, 6.07) is 18.0. The second-order valence-electron chi connectivity index (χ2n) is 8.88. The fraction of sp³-hybridized carbons (Fsp3) is 0.321. The van der Waals surface area contributed by atoms with Crippen LogP contribution in [0.15, 0.2) is 59.6 Å². The van der Waals surface area contributed by atoms with E-state index in [1.54, 1.807) is 21.3 Å². The van der Waals surface area contributed by atoms with Crippen LogP contribution in [0.3, 0.4) is 0 Å². The molecule has 2 aliphatic heterocycles. The van der Waals surface area contributed by atoms with E-state index in [4.69, 9.17) is 25.8 Å². The zero-order valence-corrected chi connectivity index (χ0v) is 20.9. The Morgan fingerprint density at radius 3 is 2.26 bits per heavy atom. The molecule has 1 atom stereocenters. The smallest absolute Gasteiger partial charge is 0.203 e. The number of halogens is 1. The van der Waals surface area contributed by atoms with Crippen molar-refractivity contribution in [3.05, 3.63) is 87.4 Å². The fourth-order valence-electron chi connectivity index (χ4n) is 5.09. The van der Waals surface area contributed by atoms with E-state index in [2.05, 4.69) is 17.1 Å². The van der Waals surface area contributed by atoms with Gasteiger partial charge in [0, 0.05) is 29.1 Å². The summed E-state index contributed by atoms with van der Waals surface area (Å²) >= 11 is 6.26. The van der Waals surface area contributed by atoms with Crippen molar-refractivity contribution in [1.29, 1.82) is 0 Å². The number of aliphatic imine (C=N–C) groups is 1. The SMILES string of the molecule is COc1cc(CCc2ccc(C3(O)Cc4cc(Cl)ccc4C4=NCCN43)cc2)cc(OC)c1OC. The Balaban J connectivity index is 1.36. The van der Waals surface area contributed by atoms with Gasteiger partial charge in [-0.15, -0.1) is 0 Å². The number of hydrogen-bond donors (Lipinski definition) is 1. The lowest BCUT2D eigenvalue weighted by Crippen LogP contribution is -2.53. The number of amidine groups is 1. The topological polar surface area (TPSA) is 63.5 Å². The van der Waals surface area contributed by atoms with Gasteiger partial charge in [-0.25, -0.2) is 0 Å². The number of fused-ring (bicyclic) bond motifs is 3. The summed E-state index contributed by atoms with van der Waals surface area (Å²) in [5.74, 6) is 2.74. The molecule has 3 aromatic carbocycles. The van der Waals surface area contributed by atoms with Crippen molar-refractivity contribution in [2.45, 2.75) is 25.0 Å².